The van der Waals surface area contributed by atoms with Crippen LogP contribution in [0.5, 0.6) is 0 Å². The third kappa shape index (κ3) is 5.96. The maximum absolute atomic E-state index is 13.6. The van der Waals surface area contributed by atoms with Crippen LogP contribution in [0.2, 0.25) is 0 Å². The predicted molar refractivity (Wildman–Crippen MR) is 147 cm³/mol. The summed E-state index contributed by atoms with van der Waals surface area (Å²) in [6.07, 6.45) is 3.32. The quantitative estimate of drug-likeness (QED) is 0.511. The highest BCUT2D eigenvalue weighted by Crippen LogP contribution is 2.34. The zero-order valence-corrected chi connectivity index (χ0v) is 22.9. The summed E-state index contributed by atoms with van der Waals surface area (Å²) >= 11 is 1.49. The van der Waals surface area contributed by atoms with Gasteiger partial charge in [0.1, 0.15) is 27.8 Å². The number of para-hydroxylation sites is 1. The Balaban J connectivity index is 1.47. The molecule has 2 aliphatic rings. The third-order valence-corrected chi connectivity index (χ3v) is 8.02. The number of thiazole rings is 1. The Labute approximate surface area is 221 Å². The molecule has 5 rings (SSSR count). The molecule has 3 aromatic rings. The van der Waals surface area contributed by atoms with Crippen LogP contribution >= 0.6 is 11.3 Å². The summed E-state index contributed by atoms with van der Waals surface area (Å²) in [6, 6.07) is 7.84. The Morgan fingerprint density at radius 2 is 1.89 bits per heavy atom. The smallest absolute Gasteiger partial charge is 0.410 e. The normalized spacial score (nSPS) is 19.8. The lowest BCUT2D eigenvalue weighted by Crippen LogP contribution is -2.47. The van der Waals surface area contributed by atoms with Crippen LogP contribution in [0.1, 0.15) is 58.2 Å². The number of amides is 1. The fourth-order valence-electron chi connectivity index (χ4n) is 5.03. The van der Waals surface area contributed by atoms with E-state index in [2.05, 4.69) is 22.2 Å². The van der Waals surface area contributed by atoms with Crippen molar-refractivity contribution >= 4 is 33.5 Å². The lowest BCUT2D eigenvalue weighted by Gasteiger charge is -2.35. The molecule has 10 heteroatoms. The summed E-state index contributed by atoms with van der Waals surface area (Å²) < 4.78 is 6.63. The Morgan fingerprint density at radius 1 is 1.14 bits per heavy atom. The highest BCUT2D eigenvalue weighted by molar-refractivity contribution is 7.21. The van der Waals surface area contributed by atoms with E-state index in [1.54, 1.807) is 4.90 Å². The molecule has 0 radical (unpaired) electrons. The number of H-pyrrole nitrogens is 1. The Bertz CT molecular complexity index is 1290. The minimum atomic E-state index is -0.547. The van der Waals surface area contributed by atoms with E-state index in [0.29, 0.717) is 29.5 Å². The molecule has 0 bridgehead atoms. The van der Waals surface area contributed by atoms with E-state index in [1.165, 1.54) is 11.3 Å². The van der Waals surface area contributed by atoms with Gasteiger partial charge in [0.25, 0.3) is 5.56 Å². The molecule has 2 aromatic heterocycles. The number of piperidine rings is 2. The van der Waals surface area contributed by atoms with Gasteiger partial charge in [-0.3, -0.25) is 4.79 Å². The van der Waals surface area contributed by atoms with Gasteiger partial charge in [-0.05, 0) is 78.7 Å². The number of rotatable bonds is 4. The van der Waals surface area contributed by atoms with Crippen LogP contribution in [0.4, 0.5) is 10.6 Å². The number of carbonyl (C=O) groups is 1. The van der Waals surface area contributed by atoms with Crippen molar-refractivity contribution in [3.05, 3.63) is 40.4 Å². The van der Waals surface area contributed by atoms with Gasteiger partial charge in [-0.15, -0.1) is 11.3 Å². The number of aromatic amines is 1. The highest BCUT2D eigenvalue weighted by atomic mass is 32.1. The lowest BCUT2D eigenvalue weighted by molar-refractivity contribution is 0.0206. The van der Waals surface area contributed by atoms with Crippen LogP contribution in [0, 0.1) is 0 Å². The minimum absolute atomic E-state index is 0.0472. The van der Waals surface area contributed by atoms with Gasteiger partial charge in [-0.2, -0.15) is 0 Å². The zero-order valence-electron chi connectivity index (χ0n) is 22.0. The molecule has 1 atom stereocenters. The number of likely N-dealkylation sites (tertiary alicyclic amines) is 2. The van der Waals surface area contributed by atoms with Gasteiger partial charge in [0.2, 0.25) is 0 Å². The van der Waals surface area contributed by atoms with Crippen molar-refractivity contribution in [2.75, 3.05) is 38.5 Å². The summed E-state index contributed by atoms with van der Waals surface area (Å²) in [5.74, 6) is 1.48. The number of hydrogen-bond acceptors (Lipinski definition) is 8. The fraction of sp³-hybridized carbons (Fsp3) is 0.556. The van der Waals surface area contributed by atoms with Crippen molar-refractivity contribution in [3.8, 4) is 10.6 Å². The monoisotopic (exact) mass is 524 g/mol. The first-order chi connectivity index (χ1) is 17.7. The molecule has 9 nitrogen and oxygen atoms in total. The zero-order chi connectivity index (χ0) is 26.2. The number of carbonyl (C=O) groups excluding carboxylic acids is 1. The average Bonchev–Trinajstić information content (AvgIpc) is 3.27. The second kappa shape index (κ2) is 10.4. The van der Waals surface area contributed by atoms with Crippen LogP contribution in [0.3, 0.4) is 0 Å². The number of hydrogen-bond donors (Lipinski definition) is 2. The second-order valence-corrected chi connectivity index (χ2v) is 12.2. The van der Waals surface area contributed by atoms with Gasteiger partial charge in [-0.1, -0.05) is 12.1 Å². The van der Waals surface area contributed by atoms with Crippen molar-refractivity contribution < 1.29 is 9.53 Å². The van der Waals surface area contributed by atoms with E-state index >= 15 is 0 Å². The van der Waals surface area contributed by atoms with Gasteiger partial charge >= 0.3 is 6.09 Å². The minimum Gasteiger partial charge on any atom is -0.444 e. The maximum atomic E-state index is 13.6. The maximum Gasteiger partial charge on any atom is 0.410 e. The average molecular weight is 525 g/mol. The topological polar surface area (TPSA) is 103 Å². The summed E-state index contributed by atoms with van der Waals surface area (Å²) in [5, 5.41) is 4.19. The molecule has 2 aliphatic heterocycles. The Kier molecular flexibility index (Phi) is 7.22. The fourth-order valence-corrected chi connectivity index (χ4v) is 6.04. The van der Waals surface area contributed by atoms with E-state index in [1.807, 2.05) is 45.0 Å². The van der Waals surface area contributed by atoms with Crippen LogP contribution in [-0.4, -0.2) is 75.7 Å². The number of aromatic nitrogens is 3. The lowest BCUT2D eigenvalue weighted by atomic mass is 9.96. The van der Waals surface area contributed by atoms with E-state index < -0.39 is 5.60 Å². The second-order valence-electron chi connectivity index (χ2n) is 11.1. The van der Waals surface area contributed by atoms with E-state index in [9.17, 15) is 9.59 Å². The standard InChI is InChI=1S/C27H36N6O3S/c1-27(2,3)36-26(35)33-13-7-8-18(16-33)28-23-21(25-29-19-9-5-6-10-20(19)37-25)24(34)31-22(30-23)17-11-14-32(4)15-12-17/h5-6,9-10,17-18H,7-8,11-16H2,1-4H3,(H2,28,30,31,34). The van der Waals surface area contributed by atoms with E-state index in [0.717, 1.165) is 54.8 Å². The Hall–Kier alpha value is -2.98. The SMILES string of the molecule is CN1CCC(c2nc(NC3CCCN(C(=O)OC(C)(C)C)C3)c(-c3nc4ccccc4s3)c(=O)[nH]2)CC1. The molecule has 1 amide bonds. The molecular formula is C27H36N6O3S. The molecule has 0 saturated carbocycles. The molecular weight excluding hydrogens is 488 g/mol. The predicted octanol–water partition coefficient (Wildman–Crippen LogP) is 4.67. The van der Waals surface area contributed by atoms with Gasteiger partial charge in [0.05, 0.1) is 10.2 Å². The van der Waals surface area contributed by atoms with Crippen molar-refractivity contribution in [2.45, 2.75) is 64.0 Å². The van der Waals surface area contributed by atoms with Crippen molar-refractivity contribution in [2.24, 2.45) is 0 Å². The van der Waals surface area contributed by atoms with Crippen LogP contribution < -0.4 is 10.9 Å². The third-order valence-electron chi connectivity index (χ3n) is 6.96. The number of ether oxygens (including phenoxy) is 1. The number of nitrogens with zero attached hydrogens (tertiary/aromatic N) is 4. The summed E-state index contributed by atoms with van der Waals surface area (Å²) in [7, 11) is 2.12. The molecule has 1 unspecified atom stereocenters. The molecule has 0 spiro atoms. The van der Waals surface area contributed by atoms with Crippen LogP contribution in [-0.2, 0) is 4.74 Å². The van der Waals surface area contributed by atoms with Crippen molar-refractivity contribution in [1.29, 1.82) is 0 Å². The molecule has 2 saturated heterocycles. The molecule has 2 N–H and O–H groups in total. The molecule has 37 heavy (non-hydrogen) atoms. The van der Waals surface area contributed by atoms with Gasteiger partial charge in [-0.25, -0.2) is 14.8 Å². The molecule has 198 valence electrons. The first-order valence-electron chi connectivity index (χ1n) is 13.1. The summed E-state index contributed by atoms with van der Waals surface area (Å²) in [4.78, 5) is 43.2. The molecule has 0 aliphatic carbocycles. The summed E-state index contributed by atoms with van der Waals surface area (Å²) in [6.45, 7) is 8.72. The van der Waals surface area contributed by atoms with Gasteiger partial charge in [0.15, 0.2) is 0 Å². The highest BCUT2D eigenvalue weighted by Gasteiger charge is 2.30. The Morgan fingerprint density at radius 3 is 2.62 bits per heavy atom. The number of anilines is 1. The van der Waals surface area contributed by atoms with Gasteiger partial charge in [0, 0.05) is 25.0 Å². The van der Waals surface area contributed by atoms with Crippen molar-refractivity contribution in [3.63, 3.8) is 0 Å². The van der Waals surface area contributed by atoms with E-state index in [4.69, 9.17) is 14.7 Å². The molecule has 4 heterocycles. The number of benzene rings is 1. The number of fused-ring (bicyclic) bond motifs is 1. The largest absolute Gasteiger partial charge is 0.444 e. The first-order valence-corrected chi connectivity index (χ1v) is 13.9. The summed E-state index contributed by atoms with van der Waals surface area (Å²) in [5.41, 5.74) is 0.605. The van der Waals surface area contributed by atoms with Crippen molar-refractivity contribution in [1.82, 2.24) is 24.8 Å². The molecule has 1 aromatic carbocycles. The van der Waals surface area contributed by atoms with E-state index in [-0.39, 0.29) is 23.6 Å². The van der Waals surface area contributed by atoms with Crippen LogP contribution in [0.25, 0.3) is 20.8 Å². The number of nitrogens with one attached hydrogen (secondary N) is 2. The van der Waals surface area contributed by atoms with Crippen LogP contribution in [0.15, 0.2) is 29.1 Å². The first kappa shape index (κ1) is 25.7. The molecule has 2 fully saturated rings. The van der Waals surface area contributed by atoms with Gasteiger partial charge < -0.3 is 24.8 Å².